The van der Waals surface area contributed by atoms with Crippen LogP contribution in [0.2, 0.25) is 0 Å². The predicted octanol–water partition coefficient (Wildman–Crippen LogP) is 5.65. The predicted molar refractivity (Wildman–Crippen MR) is 123 cm³/mol. The molecule has 0 aromatic heterocycles. The highest BCUT2D eigenvalue weighted by atomic mass is 32.2. The molecule has 0 spiro atoms. The van der Waals surface area contributed by atoms with Crippen LogP contribution in [0, 0.1) is 11.3 Å². The van der Waals surface area contributed by atoms with Crippen molar-refractivity contribution in [3.63, 3.8) is 0 Å². The normalized spacial score (nSPS) is 11.6. The van der Waals surface area contributed by atoms with E-state index in [9.17, 15) is 9.59 Å². The van der Waals surface area contributed by atoms with Crippen molar-refractivity contribution in [2.24, 2.45) is 0 Å². The zero-order valence-electron chi connectivity index (χ0n) is 16.4. The highest BCUT2D eigenvalue weighted by molar-refractivity contribution is 8.00. The minimum Gasteiger partial charge on any atom is -0.325 e. The smallest absolute Gasteiger partial charge is 0.234 e. The Kier molecular flexibility index (Phi) is 4.78. The van der Waals surface area contributed by atoms with Gasteiger partial charge in [-0.3, -0.25) is 9.59 Å². The molecule has 4 nitrogen and oxygen atoms in total. The molecule has 1 aliphatic rings. The van der Waals surface area contributed by atoms with Gasteiger partial charge in [-0.25, -0.2) is 0 Å². The van der Waals surface area contributed by atoms with Crippen molar-refractivity contribution in [3.05, 3.63) is 95.6 Å². The Hall–Kier alpha value is -3.88. The third-order valence-electron chi connectivity index (χ3n) is 5.36. The molecule has 31 heavy (non-hydrogen) atoms. The number of fused-ring (bicyclic) bond motifs is 2. The Balaban J connectivity index is 1.43. The van der Waals surface area contributed by atoms with Crippen molar-refractivity contribution in [2.75, 3.05) is 11.1 Å². The Morgan fingerprint density at radius 1 is 0.839 bits per heavy atom. The summed E-state index contributed by atoms with van der Waals surface area (Å²) in [5, 5.41) is 13.7. The summed E-state index contributed by atoms with van der Waals surface area (Å²) in [5.74, 6) is 0.148. The van der Waals surface area contributed by atoms with Crippen LogP contribution in [0.25, 0.3) is 21.9 Å². The Labute approximate surface area is 183 Å². The van der Waals surface area contributed by atoms with E-state index >= 15 is 0 Å². The number of hydrogen-bond donors (Lipinski definition) is 1. The molecule has 0 saturated carbocycles. The van der Waals surface area contributed by atoms with E-state index in [0.29, 0.717) is 16.8 Å². The van der Waals surface area contributed by atoms with E-state index < -0.39 is 0 Å². The lowest BCUT2D eigenvalue weighted by Crippen LogP contribution is -2.14. The fourth-order valence-electron chi connectivity index (χ4n) is 3.95. The maximum absolute atomic E-state index is 13.0. The van der Waals surface area contributed by atoms with E-state index in [1.54, 1.807) is 24.3 Å². The molecule has 0 heterocycles. The summed E-state index contributed by atoms with van der Waals surface area (Å²) in [6.07, 6.45) is 0. The number of nitrogens with one attached hydrogen (secondary N) is 1. The lowest BCUT2D eigenvalue weighted by molar-refractivity contribution is -0.113. The van der Waals surface area contributed by atoms with Crippen molar-refractivity contribution in [3.8, 4) is 17.2 Å². The summed E-state index contributed by atoms with van der Waals surface area (Å²) >= 11 is 1.44. The van der Waals surface area contributed by atoms with Gasteiger partial charge in [-0.15, -0.1) is 11.8 Å². The molecule has 0 unspecified atom stereocenters. The van der Waals surface area contributed by atoms with Crippen LogP contribution >= 0.6 is 11.8 Å². The average molecular weight is 420 g/mol. The van der Waals surface area contributed by atoms with Gasteiger partial charge in [-0.05, 0) is 46.8 Å². The first-order chi connectivity index (χ1) is 15.2. The topological polar surface area (TPSA) is 70.0 Å². The number of nitrogens with zero attached hydrogens (tertiary/aromatic N) is 1. The molecule has 1 aliphatic carbocycles. The minimum absolute atomic E-state index is 0.0365. The fourth-order valence-corrected chi connectivity index (χ4v) is 4.80. The first-order valence-electron chi connectivity index (χ1n) is 9.78. The molecule has 0 atom stereocenters. The molecule has 148 valence electrons. The maximum Gasteiger partial charge on any atom is 0.234 e. The molecule has 0 fully saturated rings. The molecule has 0 bridgehead atoms. The Morgan fingerprint density at radius 3 is 2.35 bits per heavy atom. The van der Waals surface area contributed by atoms with Gasteiger partial charge in [-0.1, -0.05) is 48.5 Å². The summed E-state index contributed by atoms with van der Waals surface area (Å²) < 4.78 is 0. The number of hydrogen-bond acceptors (Lipinski definition) is 4. The number of nitriles is 1. The zero-order valence-corrected chi connectivity index (χ0v) is 17.2. The Bertz CT molecular complexity index is 1400. The number of carbonyl (C=O) groups is 2. The van der Waals surface area contributed by atoms with E-state index in [4.69, 9.17) is 5.26 Å². The summed E-state index contributed by atoms with van der Waals surface area (Å²) in [5.41, 5.74) is 4.63. The van der Waals surface area contributed by atoms with Crippen molar-refractivity contribution < 1.29 is 9.59 Å². The number of thioether (sulfide) groups is 1. The number of rotatable bonds is 4. The highest BCUT2D eigenvalue weighted by Gasteiger charge is 2.25. The van der Waals surface area contributed by atoms with Crippen LogP contribution in [0.5, 0.6) is 0 Å². The molecule has 5 rings (SSSR count). The first kappa shape index (κ1) is 19.1. The average Bonchev–Trinajstić information content (AvgIpc) is 2.82. The fraction of sp³-hybridized carbons (Fsp3) is 0.0385. The molecule has 4 aromatic carbocycles. The van der Waals surface area contributed by atoms with Crippen LogP contribution in [-0.2, 0) is 4.79 Å². The molecule has 5 heteroatoms. The van der Waals surface area contributed by atoms with Crippen molar-refractivity contribution >= 4 is 39.9 Å². The third kappa shape index (κ3) is 3.37. The van der Waals surface area contributed by atoms with Gasteiger partial charge in [0.1, 0.15) is 0 Å². The Morgan fingerprint density at radius 2 is 1.58 bits per heavy atom. The van der Waals surface area contributed by atoms with Gasteiger partial charge >= 0.3 is 0 Å². The summed E-state index contributed by atoms with van der Waals surface area (Å²) in [6.45, 7) is 0. The van der Waals surface area contributed by atoms with Crippen LogP contribution in [0.4, 0.5) is 5.69 Å². The third-order valence-corrected chi connectivity index (χ3v) is 6.44. The summed E-state index contributed by atoms with van der Waals surface area (Å²) in [4.78, 5) is 26.4. The van der Waals surface area contributed by atoms with Gasteiger partial charge in [0.05, 0.1) is 17.4 Å². The van der Waals surface area contributed by atoms with Crippen molar-refractivity contribution in [1.82, 2.24) is 0 Å². The summed E-state index contributed by atoms with van der Waals surface area (Å²) in [7, 11) is 0. The van der Waals surface area contributed by atoms with Gasteiger partial charge in [0.2, 0.25) is 5.91 Å². The van der Waals surface area contributed by atoms with Crippen molar-refractivity contribution in [2.45, 2.75) is 4.90 Å². The second kappa shape index (κ2) is 7.75. The number of amides is 1. The maximum atomic E-state index is 13.0. The number of carbonyl (C=O) groups excluding carboxylic acids is 2. The minimum atomic E-state index is -0.128. The van der Waals surface area contributed by atoms with Crippen LogP contribution in [0.15, 0.2) is 83.8 Å². The molecular weight excluding hydrogens is 404 g/mol. The van der Waals surface area contributed by atoms with Crippen LogP contribution in [-0.4, -0.2) is 17.4 Å². The van der Waals surface area contributed by atoms with Gasteiger partial charge in [-0.2, -0.15) is 5.26 Å². The van der Waals surface area contributed by atoms with Crippen LogP contribution in [0.3, 0.4) is 0 Å². The van der Waals surface area contributed by atoms with Gasteiger partial charge < -0.3 is 5.32 Å². The second-order valence-corrected chi connectivity index (χ2v) is 8.26. The molecule has 0 saturated heterocycles. The molecule has 4 aromatic rings. The standard InChI is InChI=1S/C26H16N2O2S/c27-14-16-8-10-17(11-9-16)28-24(29)15-31-23-13-12-19-18-4-1-2-5-20(18)26(30)22-7-3-6-21(23)25(19)22/h1-13H,15H2,(H,28,29). The highest BCUT2D eigenvalue weighted by Crippen LogP contribution is 2.42. The van der Waals surface area contributed by atoms with Crippen molar-refractivity contribution in [1.29, 1.82) is 5.26 Å². The second-order valence-electron chi connectivity index (χ2n) is 7.24. The quantitative estimate of drug-likeness (QED) is 0.381. The number of ketones is 1. The van der Waals surface area contributed by atoms with E-state index in [0.717, 1.165) is 32.4 Å². The van der Waals surface area contributed by atoms with Gasteiger partial charge in [0.25, 0.3) is 0 Å². The SMILES string of the molecule is N#Cc1ccc(NC(=O)CSc2ccc3c4c(cccc24)C(=O)c2ccccc2-3)cc1. The molecule has 1 amide bonds. The molecular formula is C26H16N2O2S. The molecule has 1 N–H and O–H groups in total. The first-order valence-corrected chi connectivity index (χ1v) is 10.8. The van der Waals surface area contributed by atoms with Crippen LogP contribution < -0.4 is 5.32 Å². The van der Waals surface area contributed by atoms with E-state index in [-0.39, 0.29) is 17.4 Å². The van der Waals surface area contributed by atoms with Gasteiger partial charge in [0.15, 0.2) is 5.78 Å². The summed E-state index contributed by atoms with van der Waals surface area (Å²) in [6, 6.07) is 26.3. The monoisotopic (exact) mass is 420 g/mol. The lowest BCUT2D eigenvalue weighted by Gasteiger charge is -2.21. The zero-order chi connectivity index (χ0) is 21.4. The number of benzene rings is 4. The molecule has 0 radical (unpaired) electrons. The van der Waals surface area contributed by atoms with E-state index in [1.165, 1.54) is 11.8 Å². The van der Waals surface area contributed by atoms with Crippen LogP contribution in [0.1, 0.15) is 21.5 Å². The number of anilines is 1. The lowest BCUT2D eigenvalue weighted by atomic mass is 9.83. The van der Waals surface area contributed by atoms with E-state index in [1.807, 2.05) is 54.6 Å². The molecule has 0 aliphatic heterocycles. The van der Waals surface area contributed by atoms with E-state index in [2.05, 4.69) is 11.4 Å². The largest absolute Gasteiger partial charge is 0.325 e. The van der Waals surface area contributed by atoms with Gasteiger partial charge in [0, 0.05) is 27.1 Å².